The molecule has 0 aromatic heterocycles. The fourth-order valence-corrected chi connectivity index (χ4v) is 1.18. The van der Waals surface area contributed by atoms with Gasteiger partial charge in [0.15, 0.2) is 0 Å². The van der Waals surface area contributed by atoms with Gasteiger partial charge in [-0.1, -0.05) is 19.8 Å². The summed E-state index contributed by atoms with van der Waals surface area (Å²) in [6.45, 7) is 3.57. The first-order valence-electron chi connectivity index (χ1n) is 6.33. The third-order valence-corrected chi connectivity index (χ3v) is 2.16. The van der Waals surface area contributed by atoms with Crippen LogP contribution in [0.2, 0.25) is 0 Å². The monoisotopic (exact) mass is 260 g/mol. The van der Waals surface area contributed by atoms with Crippen molar-refractivity contribution in [2.75, 3.05) is 0 Å². The number of carboxylic acids is 2. The predicted molar refractivity (Wildman–Crippen MR) is 68.6 cm³/mol. The lowest BCUT2D eigenvalue weighted by Crippen LogP contribution is -1.95. The van der Waals surface area contributed by atoms with Crippen LogP contribution in [0.4, 0.5) is 0 Å². The first kappa shape index (κ1) is 19.0. The number of rotatable bonds is 9. The minimum absolute atomic E-state index is 0.130. The summed E-state index contributed by atoms with van der Waals surface area (Å²) >= 11 is 0. The molecule has 5 nitrogen and oxygen atoms in total. The van der Waals surface area contributed by atoms with Gasteiger partial charge in [0, 0.05) is 19.3 Å². The molecule has 18 heavy (non-hydrogen) atoms. The Morgan fingerprint density at radius 1 is 0.778 bits per heavy atom. The lowest BCUT2D eigenvalue weighted by atomic mass is 10.1. The molecule has 0 unspecified atom stereocenters. The van der Waals surface area contributed by atoms with E-state index in [-0.39, 0.29) is 12.2 Å². The second-order valence-corrected chi connectivity index (χ2v) is 4.15. The van der Waals surface area contributed by atoms with Crippen LogP contribution in [-0.2, 0) is 14.4 Å². The van der Waals surface area contributed by atoms with Gasteiger partial charge in [0.1, 0.15) is 5.78 Å². The maximum Gasteiger partial charge on any atom is 0.303 e. The number of carbonyl (C=O) groups excluding carboxylic acids is 1. The van der Waals surface area contributed by atoms with E-state index in [9.17, 15) is 14.4 Å². The summed E-state index contributed by atoms with van der Waals surface area (Å²) in [7, 11) is 0. The van der Waals surface area contributed by atoms with Crippen molar-refractivity contribution in [2.45, 2.75) is 65.2 Å². The summed E-state index contributed by atoms with van der Waals surface area (Å²) in [5, 5.41) is 16.3. The Morgan fingerprint density at radius 3 is 1.50 bits per heavy atom. The first-order valence-corrected chi connectivity index (χ1v) is 6.33. The van der Waals surface area contributed by atoms with E-state index in [0.29, 0.717) is 25.7 Å². The van der Waals surface area contributed by atoms with Crippen LogP contribution >= 0.6 is 0 Å². The van der Waals surface area contributed by atoms with Gasteiger partial charge in [0.2, 0.25) is 0 Å². The topological polar surface area (TPSA) is 91.7 Å². The fourth-order valence-electron chi connectivity index (χ4n) is 1.18. The van der Waals surface area contributed by atoms with Crippen LogP contribution in [0.1, 0.15) is 65.2 Å². The molecule has 0 saturated heterocycles. The van der Waals surface area contributed by atoms with Crippen molar-refractivity contribution in [1.29, 1.82) is 0 Å². The SMILES string of the molecule is CC(=O)CCCCC(=O)O.CCCCCC(=O)O. The fraction of sp³-hybridized carbons (Fsp3) is 0.769. The molecule has 106 valence electrons. The Labute approximate surface area is 108 Å². The summed E-state index contributed by atoms with van der Waals surface area (Å²) in [4.78, 5) is 30.2. The van der Waals surface area contributed by atoms with Gasteiger partial charge in [0.05, 0.1) is 0 Å². The molecule has 0 atom stereocenters. The second kappa shape index (κ2) is 13.7. The van der Waals surface area contributed by atoms with Crippen LogP contribution in [-0.4, -0.2) is 27.9 Å². The van der Waals surface area contributed by atoms with E-state index in [2.05, 4.69) is 6.92 Å². The van der Waals surface area contributed by atoms with E-state index in [1.54, 1.807) is 0 Å². The molecule has 0 aromatic carbocycles. The maximum absolute atomic E-state index is 10.3. The van der Waals surface area contributed by atoms with Crippen molar-refractivity contribution in [3.05, 3.63) is 0 Å². The summed E-state index contributed by atoms with van der Waals surface area (Å²) in [5.41, 5.74) is 0. The Kier molecular flexibility index (Phi) is 14.4. The second-order valence-electron chi connectivity index (χ2n) is 4.15. The maximum atomic E-state index is 10.3. The van der Waals surface area contributed by atoms with Gasteiger partial charge >= 0.3 is 11.9 Å². The Bertz CT molecular complexity index is 232. The predicted octanol–water partition coefficient (Wildman–Crippen LogP) is 2.87. The average Bonchev–Trinajstić information content (AvgIpc) is 2.25. The van der Waals surface area contributed by atoms with Crippen LogP contribution in [0.3, 0.4) is 0 Å². The molecule has 0 heterocycles. The molecule has 0 radical (unpaired) electrons. The zero-order valence-corrected chi connectivity index (χ0v) is 11.3. The zero-order valence-electron chi connectivity index (χ0n) is 11.3. The first-order chi connectivity index (χ1) is 8.40. The molecule has 0 aliphatic rings. The molecule has 0 amide bonds. The van der Waals surface area contributed by atoms with Crippen molar-refractivity contribution >= 4 is 17.7 Å². The van der Waals surface area contributed by atoms with E-state index in [1.807, 2.05) is 0 Å². The molecule has 0 bridgehead atoms. The molecular formula is C13H24O5. The molecule has 0 saturated carbocycles. The van der Waals surface area contributed by atoms with E-state index in [1.165, 1.54) is 6.92 Å². The van der Waals surface area contributed by atoms with Gasteiger partial charge in [0.25, 0.3) is 0 Å². The van der Waals surface area contributed by atoms with Crippen LogP contribution in [0, 0.1) is 0 Å². The van der Waals surface area contributed by atoms with Crippen molar-refractivity contribution in [3.8, 4) is 0 Å². The van der Waals surface area contributed by atoms with Crippen molar-refractivity contribution in [3.63, 3.8) is 0 Å². The highest BCUT2D eigenvalue weighted by Crippen LogP contribution is 1.99. The van der Waals surface area contributed by atoms with Gasteiger partial charge in [-0.15, -0.1) is 0 Å². The smallest absolute Gasteiger partial charge is 0.303 e. The van der Waals surface area contributed by atoms with Crippen molar-refractivity contribution < 1.29 is 24.6 Å². The number of carbonyl (C=O) groups is 3. The molecule has 0 spiro atoms. The third-order valence-electron chi connectivity index (χ3n) is 2.16. The molecule has 0 aromatic rings. The summed E-state index contributed by atoms with van der Waals surface area (Å²) in [5.74, 6) is -1.34. The third kappa shape index (κ3) is 24.0. The molecule has 0 fully saturated rings. The number of ketones is 1. The quantitative estimate of drug-likeness (QED) is 0.622. The van der Waals surface area contributed by atoms with Gasteiger partial charge < -0.3 is 15.0 Å². The molecule has 0 aliphatic heterocycles. The standard InChI is InChI=1S/C7H12O3.C6H12O2/c1-6(8)4-2-3-5-7(9)10;1-2-3-4-5-6(7)8/h2-5H2,1H3,(H,9,10);2-5H2,1H3,(H,7,8). The van der Waals surface area contributed by atoms with E-state index in [0.717, 1.165) is 19.3 Å². The Balaban J connectivity index is 0. The Morgan fingerprint density at radius 2 is 1.17 bits per heavy atom. The zero-order chi connectivity index (χ0) is 14.4. The number of aliphatic carboxylic acids is 2. The van der Waals surface area contributed by atoms with Gasteiger partial charge in [-0.3, -0.25) is 9.59 Å². The number of carboxylic acid groups (broad SMARTS) is 2. The van der Waals surface area contributed by atoms with Crippen LogP contribution in [0.5, 0.6) is 0 Å². The summed E-state index contributed by atoms with van der Waals surface area (Å²) in [6, 6.07) is 0. The number of hydrogen-bond donors (Lipinski definition) is 2. The molecular weight excluding hydrogens is 236 g/mol. The minimum atomic E-state index is -0.788. The summed E-state index contributed by atoms with van der Waals surface area (Å²) in [6.07, 6.45) is 5.26. The highest BCUT2D eigenvalue weighted by Gasteiger charge is 1.97. The molecule has 0 rings (SSSR count). The normalized spacial score (nSPS) is 9.22. The number of Topliss-reactive ketones (excluding diaryl/α,β-unsaturated/α-hetero) is 1. The molecule has 0 aliphatic carbocycles. The molecule has 5 heteroatoms. The number of hydrogen-bond acceptors (Lipinski definition) is 3. The number of unbranched alkanes of at least 4 members (excludes halogenated alkanes) is 3. The van der Waals surface area contributed by atoms with Gasteiger partial charge in [-0.2, -0.15) is 0 Å². The minimum Gasteiger partial charge on any atom is -0.481 e. The highest BCUT2D eigenvalue weighted by molar-refractivity contribution is 5.75. The summed E-state index contributed by atoms with van der Waals surface area (Å²) < 4.78 is 0. The van der Waals surface area contributed by atoms with Crippen molar-refractivity contribution in [1.82, 2.24) is 0 Å². The van der Waals surface area contributed by atoms with E-state index in [4.69, 9.17) is 10.2 Å². The van der Waals surface area contributed by atoms with Crippen LogP contribution < -0.4 is 0 Å². The average molecular weight is 260 g/mol. The van der Waals surface area contributed by atoms with Crippen molar-refractivity contribution in [2.24, 2.45) is 0 Å². The van der Waals surface area contributed by atoms with Gasteiger partial charge in [-0.05, 0) is 26.2 Å². The van der Waals surface area contributed by atoms with Crippen LogP contribution in [0.25, 0.3) is 0 Å². The van der Waals surface area contributed by atoms with Gasteiger partial charge in [-0.25, -0.2) is 0 Å². The largest absolute Gasteiger partial charge is 0.481 e. The van der Waals surface area contributed by atoms with Crippen LogP contribution in [0.15, 0.2) is 0 Å². The van der Waals surface area contributed by atoms with E-state index >= 15 is 0 Å². The Hall–Kier alpha value is -1.39. The lowest BCUT2D eigenvalue weighted by molar-refractivity contribution is -0.138. The highest BCUT2D eigenvalue weighted by atomic mass is 16.4. The lowest BCUT2D eigenvalue weighted by Gasteiger charge is -1.92. The molecule has 2 N–H and O–H groups in total. The van der Waals surface area contributed by atoms with E-state index < -0.39 is 11.9 Å².